The maximum Gasteiger partial charge on any atom is 0.0597 e. The summed E-state index contributed by atoms with van der Waals surface area (Å²) in [6.07, 6.45) is 6.74. The monoisotopic (exact) mass is 212 g/mol. The van der Waals surface area contributed by atoms with Gasteiger partial charge in [0.2, 0.25) is 0 Å². The molecule has 2 rings (SSSR count). The highest BCUT2D eigenvalue weighted by atomic mass is 16.3. The molecule has 0 spiro atoms. The Morgan fingerprint density at radius 2 is 2.00 bits per heavy atom. The molecule has 2 atom stereocenters. The summed E-state index contributed by atoms with van der Waals surface area (Å²) in [6, 6.07) is 1.63. The van der Waals surface area contributed by atoms with E-state index in [4.69, 9.17) is 0 Å². The van der Waals surface area contributed by atoms with Crippen molar-refractivity contribution in [1.29, 1.82) is 0 Å². The van der Waals surface area contributed by atoms with Crippen LogP contribution >= 0.6 is 0 Å². The van der Waals surface area contributed by atoms with Gasteiger partial charge < -0.3 is 10.4 Å². The van der Waals surface area contributed by atoms with Crippen LogP contribution in [0.15, 0.2) is 0 Å². The summed E-state index contributed by atoms with van der Waals surface area (Å²) >= 11 is 0. The summed E-state index contributed by atoms with van der Waals surface area (Å²) < 4.78 is 0. The number of hydrogen-bond acceptors (Lipinski definition) is 3. The molecular formula is C12H24N2O. The van der Waals surface area contributed by atoms with Gasteiger partial charge in [-0.05, 0) is 32.7 Å². The van der Waals surface area contributed by atoms with Crippen LogP contribution in [0.4, 0.5) is 0 Å². The predicted molar refractivity (Wildman–Crippen MR) is 61.9 cm³/mol. The molecule has 2 fully saturated rings. The van der Waals surface area contributed by atoms with Gasteiger partial charge in [0.15, 0.2) is 0 Å². The van der Waals surface area contributed by atoms with Gasteiger partial charge in [-0.3, -0.25) is 4.90 Å². The van der Waals surface area contributed by atoms with E-state index in [0.29, 0.717) is 6.04 Å². The minimum absolute atomic E-state index is 0.271. The summed E-state index contributed by atoms with van der Waals surface area (Å²) in [4.78, 5) is 2.60. The molecule has 15 heavy (non-hydrogen) atoms. The van der Waals surface area contributed by atoms with Crippen LogP contribution in [0.1, 0.15) is 39.0 Å². The molecule has 3 heteroatoms. The van der Waals surface area contributed by atoms with Crippen molar-refractivity contribution >= 4 is 0 Å². The van der Waals surface area contributed by atoms with Crippen molar-refractivity contribution in [1.82, 2.24) is 10.2 Å². The summed E-state index contributed by atoms with van der Waals surface area (Å²) in [5.41, 5.74) is 0. The van der Waals surface area contributed by atoms with Crippen molar-refractivity contribution in [3.8, 4) is 0 Å². The van der Waals surface area contributed by atoms with Gasteiger partial charge in [-0.1, -0.05) is 12.8 Å². The average molecular weight is 212 g/mol. The molecule has 1 aliphatic carbocycles. The van der Waals surface area contributed by atoms with E-state index in [1.807, 2.05) is 0 Å². The second-order valence-electron chi connectivity index (χ2n) is 5.17. The van der Waals surface area contributed by atoms with Crippen LogP contribution in [0.25, 0.3) is 0 Å². The Hall–Kier alpha value is -0.120. The van der Waals surface area contributed by atoms with E-state index in [0.717, 1.165) is 12.6 Å². The lowest BCUT2D eigenvalue weighted by atomic mass is 10.2. The van der Waals surface area contributed by atoms with Gasteiger partial charge in [-0.15, -0.1) is 0 Å². The molecule has 1 aliphatic heterocycles. The molecule has 1 heterocycles. The van der Waals surface area contributed by atoms with E-state index < -0.39 is 0 Å². The minimum Gasteiger partial charge on any atom is -0.395 e. The molecule has 2 aliphatic rings. The first-order valence-electron chi connectivity index (χ1n) is 6.40. The zero-order valence-corrected chi connectivity index (χ0v) is 9.78. The number of nitrogens with zero attached hydrogens (tertiary/aromatic N) is 1. The second-order valence-corrected chi connectivity index (χ2v) is 5.17. The van der Waals surface area contributed by atoms with Gasteiger partial charge in [0.1, 0.15) is 0 Å². The van der Waals surface area contributed by atoms with Crippen LogP contribution < -0.4 is 5.32 Å². The number of aliphatic hydroxyl groups is 1. The summed E-state index contributed by atoms with van der Waals surface area (Å²) in [7, 11) is 0. The fraction of sp³-hybridized carbons (Fsp3) is 1.00. The van der Waals surface area contributed by atoms with Crippen LogP contribution in [-0.4, -0.2) is 47.8 Å². The quantitative estimate of drug-likeness (QED) is 0.716. The molecule has 2 unspecified atom stereocenters. The van der Waals surface area contributed by atoms with Crippen LogP contribution in [0.3, 0.4) is 0 Å². The molecule has 0 aromatic carbocycles. The summed E-state index contributed by atoms with van der Waals surface area (Å²) in [5.74, 6) is 0. The minimum atomic E-state index is 0.271. The molecule has 1 saturated carbocycles. The molecule has 1 saturated heterocycles. The van der Waals surface area contributed by atoms with E-state index in [-0.39, 0.29) is 12.6 Å². The van der Waals surface area contributed by atoms with Crippen molar-refractivity contribution in [2.24, 2.45) is 0 Å². The lowest BCUT2D eigenvalue weighted by molar-refractivity contribution is 0.163. The lowest BCUT2D eigenvalue weighted by Gasteiger charge is -2.29. The predicted octanol–water partition coefficient (Wildman–Crippen LogP) is 0.974. The third kappa shape index (κ3) is 2.92. The van der Waals surface area contributed by atoms with E-state index >= 15 is 0 Å². The summed E-state index contributed by atoms with van der Waals surface area (Å²) in [6.45, 7) is 4.73. The Balaban J connectivity index is 1.92. The largest absolute Gasteiger partial charge is 0.395 e. The standard InChI is InChI=1S/C12H24N2O/c1-10-6-7-14(8-11(9-15)13-10)12-4-2-3-5-12/h10-13,15H,2-9H2,1H3. The van der Waals surface area contributed by atoms with E-state index in [2.05, 4.69) is 17.1 Å². The first kappa shape index (κ1) is 11.4. The SMILES string of the molecule is CC1CCN(C2CCCC2)CC(CO)N1. The normalized spacial score (nSPS) is 35.6. The fourth-order valence-corrected chi connectivity index (χ4v) is 2.98. The van der Waals surface area contributed by atoms with Crippen molar-refractivity contribution in [3.05, 3.63) is 0 Å². The highest BCUT2D eigenvalue weighted by molar-refractivity contribution is 4.85. The number of aliphatic hydroxyl groups excluding tert-OH is 1. The highest BCUT2D eigenvalue weighted by Gasteiger charge is 2.27. The van der Waals surface area contributed by atoms with Gasteiger partial charge in [0, 0.05) is 24.7 Å². The Kier molecular flexibility index (Phi) is 4.00. The molecular weight excluding hydrogens is 188 g/mol. The molecule has 0 bridgehead atoms. The van der Waals surface area contributed by atoms with E-state index in [1.54, 1.807) is 0 Å². The molecule has 2 N–H and O–H groups in total. The molecule has 0 aromatic rings. The van der Waals surface area contributed by atoms with Crippen molar-refractivity contribution < 1.29 is 5.11 Å². The van der Waals surface area contributed by atoms with Crippen LogP contribution in [0.5, 0.6) is 0 Å². The Labute approximate surface area is 92.8 Å². The van der Waals surface area contributed by atoms with E-state index in [9.17, 15) is 5.11 Å². The van der Waals surface area contributed by atoms with Gasteiger partial charge >= 0.3 is 0 Å². The smallest absolute Gasteiger partial charge is 0.0597 e. The molecule has 88 valence electrons. The first-order valence-corrected chi connectivity index (χ1v) is 6.40. The maximum atomic E-state index is 9.31. The third-order valence-electron chi connectivity index (χ3n) is 3.89. The zero-order chi connectivity index (χ0) is 10.7. The fourth-order valence-electron chi connectivity index (χ4n) is 2.98. The van der Waals surface area contributed by atoms with Crippen molar-refractivity contribution in [3.63, 3.8) is 0 Å². The average Bonchev–Trinajstić information content (AvgIpc) is 2.69. The van der Waals surface area contributed by atoms with Gasteiger partial charge in [0.25, 0.3) is 0 Å². The highest BCUT2D eigenvalue weighted by Crippen LogP contribution is 2.24. The Morgan fingerprint density at radius 1 is 1.27 bits per heavy atom. The van der Waals surface area contributed by atoms with Crippen LogP contribution in [0.2, 0.25) is 0 Å². The van der Waals surface area contributed by atoms with Crippen molar-refractivity contribution in [2.75, 3.05) is 19.7 Å². The molecule has 0 aromatic heterocycles. The lowest BCUT2D eigenvalue weighted by Crippen LogP contribution is -2.44. The summed E-state index contributed by atoms with van der Waals surface area (Å²) in [5, 5.41) is 12.8. The molecule has 3 nitrogen and oxygen atoms in total. The second kappa shape index (κ2) is 5.28. The zero-order valence-electron chi connectivity index (χ0n) is 9.78. The third-order valence-corrected chi connectivity index (χ3v) is 3.89. The van der Waals surface area contributed by atoms with Crippen LogP contribution in [-0.2, 0) is 0 Å². The van der Waals surface area contributed by atoms with Gasteiger partial charge in [-0.25, -0.2) is 0 Å². The topological polar surface area (TPSA) is 35.5 Å². The maximum absolute atomic E-state index is 9.31. The molecule has 0 amide bonds. The Bertz CT molecular complexity index is 192. The van der Waals surface area contributed by atoms with Crippen LogP contribution in [0, 0.1) is 0 Å². The Morgan fingerprint density at radius 3 is 2.67 bits per heavy atom. The number of rotatable bonds is 2. The van der Waals surface area contributed by atoms with Gasteiger partial charge in [0.05, 0.1) is 6.61 Å². The number of nitrogens with one attached hydrogen (secondary N) is 1. The van der Waals surface area contributed by atoms with Gasteiger partial charge in [-0.2, -0.15) is 0 Å². The number of hydrogen-bond donors (Lipinski definition) is 2. The first-order chi connectivity index (χ1) is 7.29. The van der Waals surface area contributed by atoms with Crippen molar-refractivity contribution in [2.45, 2.75) is 57.2 Å². The molecule has 0 radical (unpaired) electrons. The van der Waals surface area contributed by atoms with E-state index in [1.165, 1.54) is 38.6 Å².